The SMILES string of the molecule is CCc1nsc(N2CCN(c3cc(CO)ccc3[N+](=O)[O-])CC2)n1. The molecule has 9 heteroatoms. The Labute approximate surface area is 143 Å². The topological polar surface area (TPSA) is 95.6 Å². The largest absolute Gasteiger partial charge is 0.392 e. The molecule has 1 aromatic carbocycles. The lowest BCUT2D eigenvalue weighted by Crippen LogP contribution is -2.46. The van der Waals surface area contributed by atoms with Gasteiger partial charge in [-0.25, -0.2) is 4.98 Å². The lowest BCUT2D eigenvalue weighted by atomic mass is 10.1. The van der Waals surface area contributed by atoms with Crippen molar-refractivity contribution in [1.29, 1.82) is 0 Å². The zero-order chi connectivity index (χ0) is 17.1. The Balaban J connectivity index is 1.75. The van der Waals surface area contributed by atoms with Gasteiger partial charge in [0.05, 0.1) is 11.5 Å². The van der Waals surface area contributed by atoms with E-state index >= 15 is 0 Å². The van der Waals surface area contributed by atoms with Crippen molar-refractivity contribution >= 4 is 28.0 Å². The number of nitro groups is 1. The quantitative estimate of drug-likeness (QED) is 0.650. The van der Waals surface area contributed by atoms with Crippen LogP contribution >= 0.6 is 11.5 Å². The summed E-state index contributed by atoms with van der Waals surface area (Å²) in [5.74, 6) is 0.851. The van der Waals surface area contributed by atoms with Gasteiger partial charge in [0.1, 0.15) is 11.5 Å². The van der Waals surface area contributed by atoms with Crippen LogP contribution in [0.5, 0.6) is 0 Å². The Morgan fingerprint density at radius 1 is 1.29 bits per heavy atom. The van der Waals surface area contributed by atoms with E-state index in [1.165, 1.54) is 17.6 Å². The number of hydrogen-bond acceptors (Lipinski definition) is 8. The normalized spacial score (nSPS) is 14.9. The molecule has 0 radical (unpaired) electrons. The minimum atomic E-state index is -0.374. The van der Waals surface area contributed by atoms with Gasteiger partial charge < -0.3 is 14.9 Å². The van der Waals surface area contributed by atoms with E-state index in [0.29, 0.717) is 24.3 Å². The molecule has 0 saturated carbocycles. The summed E-state index contributed by atoms with van der Waals surface area (Å²) in [6.07, 6.45) is 0.816. The third kappa shape index (κ3) is 3.31. The highest BCUT2D eigenvalue weighted by Crippen LogP contribution is 2.31. The van der Waals surface area contributed by atoms with Crippen molar-refractivity contribution in [2.45, 2.75) is 20.0 Å². The molecular formula is C15H19N5O3S. The highest BCUT2D eigenvalue weighted by atomic mass is 32.1. The lowest BCUT2D eigenvalue weighted by molar-refractivity contribution is -0.384. The molecule has 0 aliphatic carbocycles. The average Bonchev–Trinajstić information content (AvgIpc) is 3.10. The van der Waals surface area contributed by atoms with E-state index < -0.39 is 0 Å². The summed E-state index contributed by atoms with van der Waals surface area (Å²) in [5.41, 5.74) is 1.32. The molecule has 0 amide bonds. The Kier molecular flexibility index (Phi) is 4.91. The molecule has 1 saturated heterocycles. The minimum Gasteiger partial charge on any atom is -0.392 e. The predicted octanol–water partition coefficient (Wildman–Crippen LogP) is 1.83. The number of piperazine rings is 1. The van der Waals surface area contributed by atoms with Gasteiger partial charge in [-0.3, -0.25) is 10.1 Å². The van der Waals surface area contributed by atoms with Crippen LogP contribution in [0.3, 0.4) is 0 Å². The highest BCUT2D eigenvalue weighted by molar-refractivity contribution is 7.09. The van der Waals surface area contributed by atoms with Crippen molar-refractivity contribution in [2.75, 3.05) is 36.0 Å². The van der Waals surface area contributed by atoms with E-state index in [4.69, 9.17) is 0 Å². The number of anilines is 2. The molecule has 0 bridgehead atoms. The van der Waals surface area contributed by atoms with E-state index in [1.54, 1.807) is 12.1 Å². The molecule has 0 atom stereocenters. The molecule has 1 aromatic heterocycles. The van der Waals surface area contributed by atoms with Crippen LogP contribution in [0.2, 0.25) is 0 Å². The van der Waals surface area contributed by atoms with Crippen molar-refractivity contribution in [3.8, 4) is 0 Å². The first-order chi connectivity index (χ1) is 11.6. The Morgan fingerprint density at radius 3 is 2.58 bits per heavy atom. The van der Waals surface area contributed by atoms with Crippen LogP contribution in [0.25, 0.3) is 0 Å². The Bertz CT molecular complexity index is 728. The summed E-state index contributed by atoms with van der Waals surface area (Å²) < 4.78 is 4.31. The standard InChI is InChI=1S/C15H19N5O3S/c1-2-14-16-15(24-17-14)19-7-5-18(6-8-19)13-9-11(10-21)3-4-12(13)20(22)23/h3-4,9,21H,2,5-8,10H2,1H3. The maximum Gasteiger partial charge on any atom is 0.292 e. The Hall–Kier alpha value is -2.26. The second-order valence-corrected chi connectivity index (χ2v) is 6.29. The van der Waals surface area contributed by atoms with Gasteiger partial charge in [-0.15, -0.1) is 0 Å². The second-order valence-electron chi connectivity index (χ2n) is 5.56. The molecule has 1 aliphatic heterocycles. The number of hydrogen-bond donors (Lipinski definition) is 1. The predicted molar refractivity (Wildman–Crippen MR) is 92.7 cm³/mol. The molecule has 1 fully saturated rings. The molecular weight excluding hydrogens is 330 g/mol. The van der Waals surface area contributed by atoms with Crippen LogP contribution in [0.4, 0.5) is 16.5 Å². The molecule has 1 aliphatic rings. The van der Waals surface area contributed by atoms with Gasteiger partial charge in [-0.1, -0.05) is 6.92 Å². The van der Waals surface area contributed by atoms with Gasteiger partial charge >= 0.3 is 0 Å². The summed E-state index contributed by atoms with van der Waals surface area (Å²) in [4.78, 5) is 19.6. The number of aliphatic hydroxyl groups is 1. The zero-order valence-corrected chi connectivity index (χ0v) is 14.2. The molecule has 2 heterocycles. The van der Waals surface area contributed by atoms with Crippen LogP contribution in [0, 0.1) is 10.1 Å². The number of nitrogens with zero attached hydrogens (tertiary/aromatic N) is 5. The van der Waals surface area contributed by atoms with E-state index in [9.17, 15) is 15.2 Å². The van der Waals surface area contributed by atoms with Crippen LogP contribution in [-0.4, -0.2) is 45.6 Å². The fraction of sp³-hybridized carbons (Fsp3) is 0.467. The average molecular weight is 349 g/mol. The van der Waals surface area contributed by atoms with Crippen LogP contribution in [0.1, 0.15) is 18.3 Å². The van der Waals surface area contributed by atoms with Gasteiger partial charge in [0, 0.05) is 50.2 Å². The number of aliphatic hydroxyl groups excluding tert-OH is 1. The fourth-order valence-corrected chi connectivity index (χ4v) is 3.53. The third-order valence-electron chi connectivity index (χ3n) is 4.08. The lowest BCUT2D eigenvalue weighted by Gasteiger charge is -2.35. The van der Waals surface area contributed by atoms with Crippen LogP contribution < -0.4 is 9.80 Å². The van der Waals surface area contributed by atoms with Gasteiger partial charge in [-0.05, 0) is 17.7 Å². The van der Waals surface area contributed by atoms with Crippen molar-refractivity contribution in [3.05, 3.63) is 39.7 Å². The zero-order valence-electron chi connectivity index (χ0n) is 13.4. The van der Waals surface area contributed by atoms with Gasteiger partial charge in [-0.2, -0.15) is 4.37 Å². The molecule has 24 heavy (non-hydrogen) atoms. The van der Waals surface area contributed by atoms with Crippen molar-refractivity contribution in [1.82, 2.24) is 9.36 Å². The number of benzene rings is 1. The minimum absolute atomic E-state index is 0.0739. The molecule has 0 spiro atoms. The smallest absolute Gasteiger partial charge is 0.292 e. The molecule has 2 aromatic rings. The van der Waals surface area contributed by atoms with E-state index in [-0.39, 0.29) is 17.2 Å². The number of nitro benzene ring substituents is 1. The molecule has 3 rings (SSSR count). The van der Waals surface area contributed by atoms with E-state index in [1.807, 2.05) is 11.8 Å². The first-order valence-corrected chi connectivity index (χ1v) is 8.60. The van der Waals surface area contributed by atoms with E-state index in [0.717, 1.165) is 30.5 Å². The number of rotatable bonds is 5. The van der Waals surface area contributed by atoms with Gasteiger partial charge in [0.25, 0.3) is 5.69 Å². The van der Waals surface area contributed by atoms with Crippen LogP contribution in [-0.2, 0) is 13.0 Å². The maximum absolute atomic E-state index is 11.3. The summed E-state index contributed by atoms with van der Waals surface area (Å²) in [7, 11) is 0. The summed E-state index contributed by atoms with van der Waals surface area (Å²) in [6.45, 7) is 4.69. The first-order valence-electron chi connectivity index (χ1n) is 7.83. The van der Waals surface area contributed by atoms with Crippen LogP contribution in [0.15, 0.2) is 18.2 Å². The summed E-state index contributed by atoms with van der Waals surface area (Å²) in [6, 6.07) is 4.75. The molecule has 1 N–H and O–H groups in total. The van der Waals surface area contributed by atoms with Crippen molar-refractivity contribution in [3.63, 3.8) is 0 Å². The second kappa shape index (κ2) is 7.10. The van der Waals surface area contributed by atoms with Gasteiger partial charge in [0.15, 0.2) is 0 Å². The molecule has 8 nitrogen and oxygen atoms in total. The maximum atomic E-state index is 11.3. The van der Waals surface area contributed by atoms with Crippen molar-refractivity contribution < 1.29 is 10.0 Å². The Morgan fingerprint density at radius 2 is 2.00 bits per heavy atom. The van der Waals surface area contributed by atoms with Crippen molar-refractivity contribution in [2.24, 2.45) is 0 Å². The molecule has 128 valence electrons. The number of aromatic nitrogens is 2. The first kappa shape index (κ1) is 16.6. The fourth-order valence-electron chi connectivity index (χ4n) is 2.73. The summed E-state index contributed by atoms with van der Waals surface area (Å²) in [5, 5.41) is 21.5. The highest BCUT2D eigenvalue weighted by Gasteiger charge is 2.25. The third-order valence-corrected chi connectivity index (χ3v) is 4.90. The van der Waals surface area contributed by atoms with E-state index in [2.05, 4.69) is 14.3 Å². The molecule has 0 unspecified atom stereocenters. The summed E-state index contributed by atoms with van der Waals surface area (Å²) >= 11 is 1.40. The van der Waals surface area contributed by atoms with Gasteiger partial charge in [0.2, 0.25) is 5.13 Å². The monoisotopic (exact) mass is 349 g/mol. The number of aryl methyl sites for hydroxylation is 1.